The minimum atomic E-state index is -1.45. The van der Waals surface area contributed by atoms with E-state index in [1.54, 1.807) is 18.2 Å². The van der Waals surface area contributed by atoms with Gasteiger partial charge in [-0.25, -0.2) is 13.6 Å². The van der Waals surface area contributed by atoms with Gasteiger partial charge in [0.25, 0.3) is 0 Å². The SMILES string of the molecule is COCC(=O)N1C(C(=O)O)C(c2ccc(F)cc2)C(C(=O)c2cccc(C)c2)C1c1ccc(F)cc1. The van der Waals surface area contributed by atoms with Crippen LogP contribution in [0.1, 0.15) is 39.0 Å². The van der Waals surface area contributed by atoms with Crippen molar-refractivity contribution in [3.05, 3.63) is 107 Å². The van der Waals surface area contributed by atoms with Crippen LogP contribution in [0.15, 0.2) is 72.8 Å². The molecule has 3 aromatic rings. The lowest BCUT2D eigenvalue weighted by molar-refractivity contribution is -0.151. The largest absolute Gasteiger partial charge is 0.480 e. The maximum Gasteiger partial charge on any atom is 0.327 e. The molecule has 0 saturated carbocycles. The van der Waals surface area contributed by atoms with E-state index in [0.717, 1.165) is 10.5 Å². The van der Waals surface area contributed by atoms with Crippen LogP contribution in [0, 0.1) is 24.5 Å². The number of likely N-dealkylation sites (tertiary alicyclic amines) is 1. The Balaban J connectivity index is 1.98. The van der Waals surface area contributed by atoms with Crippen LogP contribution in [-0.2, 0) is 14.3 Å². The zero-order chi connectivity index (χ0) is 26.0. The molecule has 0 aromatic heterocycles. The average molecular weight is 494 g/mol. The minimum absolute atomic E-state index is 0.351. The number of hydrogen-bond donors (Lipinski definition) is 1. The summed E-state index contributed by atoms with van der Waals surface area (Å²) in [5, 5.41) is 10.3. The predicted octanol–water partition coefficient (Wildman–Crippen LogP) is 4.54. The van der Waals surface area contributed by atoms with E-state index in [-0.39, 0.29) is 5.78 Å². The summed E-state index contributed by atoms with van der Waals surface area (Å²) in [6, 6.07) is 14.9. The summed E-state index contributed by atoms with van der Waals surface area (Å²) < 4.78 is 32.6. The van der Waals surface area contributed by atoms with Gasteiger partial charge < -0.3 is 14.7 Å². The Morgan fingerprint density at radius 3 is 2.03 bits per heavy atom. The van der Waals surface area contributed by atoms with Gasteiger partial charge in [0.1, 0.15) is 24.3 Å². The third-order valence-corrected chi connectivity index (χ3v) is 6.55. The first kappa shape index (κ1) is 25.2. The summed E-state index contributed by atoms with van der Waals surface area (Å²) in [7, 11) is 1.31. The van der Waals surface area contributed by atoms with Gasteiger partial charge in [-0.05, 0) is 48.4 Å². The second kappa shape index (κ2) is 10.4. The Hall–Kier alpha value is -3.91. The van der Waals surface area contributed by atoms with Gasteiger partial charge in [-0.15, -0.1) is 0 Å². The number of methoxy groups -OCH3 is 1. The number of ketones is 1. The van der Waals surface area contributed by atoms with E-state index in [4.69, 9.17) is 4.74 Å². The topological polar surface area (TPSA) is 83.9 Å². The number of ether oxygens (including phenoxy) is 1. The number of nitrogens with zero attached hydrogens (tertiary/aromatic N) is 1. The monoisotopic (exact) mass is 493 g/mol. The van der Waals surface area contributed by atoms with Crippen molar-refractivity contribution in [1.29, 1.82) is 0 Å². The van der Waals surface area contributed by atoms with Crippen molar-refractivity contribution in [3.8, 4) is 0 Å². The van der Waals surface area contributed by atoms with E-state index in [1.165, 1.54) is 55.6 Å². The molecule has 6 nitrogen and oxygen atoms in total. The highest BCUT2D eigenvalue weighted by Gasteiger charge is 2.57. The fourth-order valence-corrected chi connectivity index (χ4v) is 5.09. The Kier molecular flexibility index (Phi) is 7.26. The Labute approximate surface area is 207 Å². The second-order valence-electron chi connectivity index (χ2n) is 8.85. The molecule has 1 fully saturated rings. The molecular formula is C28H25F2NO5. The quantitative estimate of drug-likeness (QED) is 0.489. The van der Waals surface area contributed by atoms with Crippen molar-refractivity contribution in [2.75, 3.05) is 13.7 Å². The fourth-order valence-electron chi connectivity index (χ4n) is 5.09. The van der Waals surface area contributed by atoms with Crippen LogP contribution in [0.25, 0.3) is 0 Å². The van der Waals surface area contributed by atoms with Gasteiger partial charge in [0, 0.05) is 18.6 Å². The number of carboxylic acids is 1. The van der Waals surface area contributed by atoms with E-state index in [2.05, 4.69) is 0 Å². The molecule has 1 amide bonds. The number of hydrogen-bond acceptors (Lipinski definition) is 4. The lowest BCUT2D eigenvalue weighted by Crippen LogP contribution is -2.45. The normalized spacial score (nSPS) is 21.4. The van der Waals surface area contributed by atoms with Crippen LogP contribution in [-0.4, -0.2) is 47.4 Å². The molecule has 186 valence electrons. The molecule has 0 aliphatic carbocycles. The second-order valence-corrected chi connectivity index (χ2v) is 8.85. The van der Waals surface area contributed by atoms with Crippen LogP contribution < -0.4 is 0 Å². The molecule has 3 aromatic carbocycles. The van der Waals surface area contributed by atoms with Crippen LogP contribution in [0.5, 0.6) is 0 Å². The van der Waals surface area contributed by atoms with Gasteiger partial charge in [-0.3, -0.25) is 9.59 Å². The molecule has 1 aliphatic rings. The number of Topliss-reactive ketones (excluding diaryl/α,β-unsaturated/α-hetero) is 1. The molecule has 4 rings (SSSR count). The summed E-state index contributed by atoms with van der Waals surface area (Å²) in [4.78, 5) is 41.2. The van der Waals surface area contributed by atoms with Crippen LogP contribution in [0.3, 0.4) is 0 Å². The first-order valence-electron chi connectivity index (χ1n) is 11.4. The van der Waals surface area contributed by atoms with Crippen molar-refractivity contribution in [1.82, 2.24) is 4.90 Å². The number of carbonyl (C=O) groups excluding carboxylic acids is 2. The molecule has 36 heavy (non-hydrogen) atoms. The zero-order valence-corrected chi connectivity index (χ0v) is 19.7. The highest BCUT2D eigenvalue weighted by molar-refractivity contribution is 6.01. The van der Waals surface area contributed by atoms with Gasteiger partial charge >= 0.3 is 5.97 Å². The maximum absolute atomic E-state index is 14.1. The number of amides is 1. The molecule has 8 heteroatoms. The summed E-state index contributed by atoms with van der Waals surface area (Å²) in [6.07, 6.45) is 0. The van der Waals surface area contributed by atoms with Crippen molar-refractivity contribution < 1.29 is 33.0 Å². The zero-order valence-electron chi connectivity index (χ0n) is 19.7. The van der Waals surface area contributed by atoms with E-state index in [9.17, 15) is 28.3 Å². The first-order valence-corrected chi connectivity index (χ1v) is 11.4. The van der Waals surface area contributed by atoms with Gasteiger partial charge in [0.2, 0.25) is 5.91 Å². The van der Waals surface area contributed by atoms with E-state index < -0.39 is 54.0 Å². The Bertz CT molecular complexity index is 1280. The third-order valence-electron chi connectivity index (χ3n) is 6.55. The first-order chi connectivity index (χ1) is 17.2. The highest BCUT2D eigenvalue weighted by Crippen LogP contribution is 2.51. The average Bonchev–Trinajstić information content (AvgIpc) is 3.21. The van der Waals surface area contributed by atoms with E-state index >= 15 is 0 Å². The number of aliphatic carboxylic acids is 1. The Morgan fingerprint density at radius 2 is 1.50 bits per heavy atom. The summed E-state index contributed by atoms with van der Waals surface area (Å²) in [5.74, 6) is -5.42. The van der Waals surface area contributed by atoms with Crippen LogP contribution in [0.4, 0.5) is 8.78 Å². The number of aryl methyl sites for hydroxylation is 1. The third kappa shape index (κ3) is 4.77. The molecule has 4 unspecified atom stereocenters. The van der Waals surface area contributed by atoms with Crippen molar-refractivity contribution >= 4 is 17.7 Å². The molecule has 1 saturated heterocycles. The molecule has 0 radical (unpaired) electrons. The van der Waals surface area contributed by atoms with Gasteiger partial charge in [-0.1, -0.05) is 48.0 Å². The summed E-state index contributed by atoms with van der Waals surface area (Å²) >= 11 is 0. The Morgan fingerprint density at radius 1 is 0.917 bits per heavy atom. The fraction of sp³-hybridized carbons (Fsp3) is 0.250. The predicted molar refractivity (Wildman–Crippen MR) is 127 cm³/mol. The van der Waals surface area contributed by atoms with Crippen molar-refractivity contribution in [2.45, 2.75) is 24.9 Å². The maximum atomic E-state index is 14.1. The van der Waals surface area contributed by atoms with Crippen LogP contribution in [0.2, 0.25) is 0 Å². The molecule has 1 aliphatic heterocycles. The molecule has 4 atom stereocenters. The molecular weight excluding hydrogens is 468 g/mol. The molecule has 1 heterocycles. The molecule has 1 N–H and O–H groups in total. The molecule has 0 spiro atoms. The van der Waals surface area contributed by atoms with Crippen LogP contribution >= 0.6 is 0 Å². The van der Waals surface area contributed by atoms with E-state index in [0.29, 0.717) is 16.7 Å². The number of benzene rings is 3. The van der Waals surface area contributed by atoms with E-state index in [1.807, 2.05) is 13.0 Å². The van der Waals surface area contributed by atoms with Gasteiger partial charge in [0.15, 0.2) is 5.78 Å². The van der Waals surface area contributed by atoms with Gasteiger partial charge in [0.05, 0.1) is 12.0 Å². The summed E-state index contributed by atoms with van der Waals surface area (Å²) in [5.41, 5.74) is 1.99. The number of halogens is 2. The lowest BCUT2D eigenvalue weighted by atomic mass is 9.76. The number of carbonyl (C=O) groups is 3. The highest BCUT2D eigenvalue weighted by atomic mass is 19.1. The number of carboxylic acid groups (broad SMARTS) is 1. The standard InChI is InChI=1S/C28H25F2NO5/c1-16-4-3-5-19(14-16)27(33)24-23(17-6-10-20(29)11-7-17)26(28(34)35)31(22(32)15-36-2)25(24)18-8-12-21(30)13-9-18/h3-14,23-26H,15H2,1-2H3,(H,34,35). The summed E-state index contributed by atoms with van der Waals surface area (Å²) in [6.45, 7) is 1.41. The number of rotatable bonds is 7. The smallest absolute Gasteiger partial charge is 0.327 e. The van der Waals surface area contributed by atoms with Gasteiger partial charge in [-0.2, -0.15) is 0 Å². The lowest BCUT2D eigenvalue weighted by Gasteiger charge is -2.30. The van der Waals surface area contributed by atoms with Crippen molar-refractivity contribution in [3.63, 3.8) is 0 Å². The molecule has 0 bridgehead atoms. The minimum Gasteiger partial charge on any atom is -0.480 e. The van der Waals surface area contributed by atoms with Crippen molar-refractivity contribution in [2.24, 2.45) is 5.92 Å².